The molecule has 4 aliphatic carbocycles. The monoisotopic (exact) mass is 272 g/mol. The summed E-state index contributed by atoms with van der Waals surface area (Å²) in [4.78, 5) is 11.6. The summed E-state index contributed by atoms with van der Waals surface area (Å²) < 4.78 is 0. The van der Waals surface area contributed by atoms with Crippen molar-refractivity contribution in [1.29, 1.82) is 0 Å². The summed E-state index contributed by atoms with van der Waals surface area (Å²) in [5.41, 5.74) is 3.02. The highest BCUT2D eigenvalue weighted by Crippen LogP contribution is 2.59. The minimum absolute atomic E-state index is 0.0982. The number of aliphatic hydroxyl groups is 1. The highest BCUT2D eigenvalue weighted by atomic mass is 16.3. The maximum Gasteiger partial charge on any atom is 0.155 e. The molecule has 0 aliphatic heterocycles. The van der Waals surface area contributed by atoms with Gasteiger partial charge in [0.15, 0.2) is 5.78 Å². The van der Waals surface area contributed by atoms with Gasteiger partial charge in [-0.1, -0.05) is 18.6 Å². The Morgan fingerprint density at radius 2 is 2.05 bits per heavy atom. The molecule has 0 aromatic rings. The Labute approximate surface area is 120 Å². The molecule has 5 atom stereocenters. The largest absolute Gasteiger partial charge is 0.393 e. The number of rotatable bonds is 0. The average molecular weight is 272 g/mol. The molecule has 2 saturated carbocycles. The zero-order chi connectivity index (χ0) is 13.9. The first-order valence-electron chi connectivity index (χ1n) is 8.21. The van der Waals surface area contributed by atoms with Crippen LogP contribution in [-0.4, -0.2) is 17.0 Å². The summed E-state index contributed by atoms with van der Waals surface area (Å²) in [7, 11) is 0. The fraction of sp³-hybridized carbons (Fsp3) is 0.722. The van der Waals surface area contributed by atoms with Crippen molar-refractivity contribution >= 4 is 5.78 Å². The van der Waals surface area contributed by atoms with Crippen LogP contribution in [0.2, 0.25) is 0 Å². The van der Waals surface area contributed by atoms with Crippen LogP contribution in [0.3, 0.4) is 0 Å². The molecular formula is C18H24O2. The molecule has 4 rings (SSSR count). The molecule has 4 aliphatic rings. The SMILES string of the molecule is CC12CCC3=CC4=CC(=O)CCC4CC3C1CCC2O. The molecule has 2 nitrogen and oxygen atoms in total. The van der Waals surface area contributed by atoms with Gasteiger partial charge in [-0.05, 0) is 73.3 Å². The van der Waals surface area contributed by atoms with Crippen molar-refractivity contribution in [3.05, 3.63) is 23.3 Å². The number of allylic oxidation sites excluding steroid dienone is 4. The van der Waals surface area contributed by atoms with Gasteiger partial charge in [0.1, 0.15) is 0 Å². The van der Waals surface area contributed by atoms with Gasteiger partial charge in [-0.3, -0.25) is 4.79 Å². The second-order valence-electron chi connectivity index (χ2n) is 7.61. The van der Waals surface area contributed by atoms with Crippen LogP contribution in [-0.2, 0) is 4.79 Å². The van der Waals surface area contributed by atoms with Crippen molar-refractivity contribution in [2.45, 2.75) is 58.0 Å². The third kappa shape index (κ3) is 1.70. The van der Waals surface area contributed by atoms with E-state index >= 15 is 0 Å². The van der Waals surface area contributed by atoms with Crippen molar-refractivity contribution in [1.82, 2.24) is 0 Å². The molecule has 5 unspecified atom stereocenters. The van der Waals surface area contributed by atoms with Crippen LogP contribution in [0.25, 0.3) is 0 Å². The number of carbonyl (C=O) groups excluding carboxylic acids is 1. The minimum Gasteiger partial charge on any atom is -0.393 e. The van der Waals surface area contributed by atoms with E-state index in [0.29, 0.717) is 23.5 Å². The molecule has 0 bridgehead atoms. The van der Waals surface area contributed by atoms with E-state index in [4.69, 9.17) is 0 Å². The van der Waals surface area contributed by atoms with E-state index < -0.39 is 0 Å². The maximum absolute atomic E-state index is 11.6. The van der Waals surface area contributed by atoms with Crippen LogP contribution in [0, 0.1) is 23.2 Å². The number of hydrogen-bond donors (Lipinski definition) is 1. The summed E-state index contributed by atoms with van der Waals surface area (Å²) in [6.07, 6.45) is 11.5. The summed E-state index contributed by atoms with van der Waals surface area (Å²) in [6, 6.07) is 0. The molecule has 20 heavy (non-hydrogen) atoms. The van der Waals surface area contributed by atoms with E-state index in [1.165, 1.54) is 18.4 Å². The number of ketones is 1. The molecular weight excluding hydrogens is 248 g/mol. The Balaban J connectivity index is 1.69. The Bertz CT molecular complexity index is 516. The topological polar surface area (TPSA) is 37.3 Å². The number of hydrogen-bond acceptors (Lipinski definition) is 2. The predicted octanol–water partition coefficient (Wildman–Crippen LogP) is 3.41. The Morgan fingerprint density at radius 1 is 1.20 bits per heavy atom. The molecule has 0 heterocycles. The summed E-state index contributed by atoms with van der Waals surface area (Å²) >= 11 is 0. The lowest BCUT2D eigenvalue weighted by Crippen LogP contribution is -2.42. The smallest absolute Gasteiger partial charge is 0.155 e. The van der Waals surface area contributed by atoms with Gasteiger partial charge in [-0.25, -0.2) is 0 Å². The van der Waals surface area contributed by atoms with E-state index in [0.717, 1.165) is 32.1 Å². The van der Waals surface area contributed by atoms with Crippen LogP contribution in [0.5, 0.6) is 0 Å². The van der Waals surface area contributed by atoms with Gasteiger partial charge in [-0.2, -0.15) is 0 Å². The Kier molecular flexibility index (Phi) is 2.76. The molecule has 0 saturated heterocycles. The van der Waals surface area contributed by atoms with Gasteiger partial charge in [-0.15, -0.1) is 0 Å². The zero-order valence-corrected chi connectivity index (χ0v) is 12.3. The summed E-state index contributed by atoms with van der Waals surface area (Å²) in [5.74, 6) is 2.24. The molecule has 0 radical (unpaired) electrons. The zero-order valence-electron chi connectivity index (χ0n) is 12.3. The highest BCUT2D eigenvalue weighted by Gasteiger charge is 2.53. The van der Waals surface area contributed by atoms with E-state index in [-0.39, 0.29) is 11.5 Å². The highest BCUT2D eigenvalue weighted by molar-refractivity contribution is 5.92. The standard InChI is InChI=1S/C18H24O2/c1-18-7-6-12-8-13-9-14(19)3-2-11(13)10-15(12)16(18)4-5-17(18)20/h8-9,11,15-17,20H,2-7,10H2,1H3. The maximum atomic E-state index is 11.6. The summed E-state index contributed by atoms with van der Waals surface area (Å²) in [5, 5.41) is 10.4. The lowest BCUT2D eigenvalue weighted by atomic mass is 9.57. The fourth-order valence-electron chi connectivity index (χ4n) is 5.40. The van der Waals surface area contributed by atoms with Crippen LogP contribution in [0.1, 0.15) is 51.9 Å². The molecule has 2 heteroatoms. The van der Waals surface area contributed by atoms with Crippen molar-refractivity contribution < 1.29 is 9.90 Å². The molecule has 108 valence electrons. The van der Waals surface area contributed by atoms with Crippen LogP contribution in [0.4, 0.5) is 0 Å². The minimum atomic E-state index is -0.0982. The first kappa shape index (κ1) is 12.8. The van der Waals surface area contributed by atoms with Gasteiger partial charge < -0.3 is 5.11 Å². The van der Waals surface area contributed by atoms with Gasteiger partial charge in [0, 0.05) is 6.42 Å². The van der Waals surface area contributed by atoms with E-state index in [2.05, 4.69) is 13.0 Å². The third-order valence-corrected chi connectivity index (χ3v) is 6.70. The second kappa shape index (κ2) is 4.30. The Hall–Kier alpha value is -0.890. The van der Waals surface area contributed by atoms with Crippen LogP contribution < -0.4 is 0 Å². The number of fused-ring (bicyclic) bond motifs is 4. The second-order valence-corrected chi connectivity index (χ2v) is 7.61. The number of aliphatic hydroxyl groups excluding tert-OH is 1. The first-order chi connectivity index (χ1) is 9.58. The fourth-order valence-corrected chi connectivity index (χ4v) is 5.40. The predicted molar refractivity (Wildman–Crippen MR) is 78.1 cm³/mol. The lowest BCUT2D eigenvalue weighted by Gasteiger charge is -2.48. The normalized spacial score (nSPS) is 47.0. The molecule has 2 fully saturated rings. The molecule has 0 aromatic heterocycles. The molecule has 0 aromatic carbocycles. The van der Waals surface area contributed by atoms with Crippen molar-refractivity contribution in [2.24, 2.45) is 23.2 Å². The van der Waals surface area contributed by atoms with Crippen LogP contribution in [0.15, 0.2) is 23.3 Å². The van der Waals surface area contributed by atoms with Gasteiger partial charge in [0.25, 0.3) is 0 Å². The van der Waals surface area contributed by atoms with Gasteiger partial charge in [0.05, 0.1) is 6.10 Å². The van der Waals surface area contributed by atoms with Gasteiger partial charge >= 0.3 is 0 Å². The number of carbonyl (C=O) groups is 1. The average Bonchev–Trinajstić information content (AvgIpc) is 2.73. The molecule has 0 amide bonds. The summed E-state index contributed by atoms with van der Waals surface area (Å²) in [6.45, 7) is 2.31. The molecule has 0 spiro atoms. The Morgan fingerprint density at radius 3 is 2.90 bits per heavy atom. The van der Waals surface area contributed by atoms with Crippen LogP contribution >= 0.6 is 0 Å². The first-order valence-corrected chi connectivity index (χ1v) is 8.21. The van der Waals surface area contributed by atoms with E-state index in [9.17, 15) is 9.90 Å². The van der Waals surface area contributed by atoms with E-state index in [1.807, 2.05) is 6.08 Å². The third-order valence-electron chi connectivity index (χ3n) is 6.70. The quantitative estimate of drug-likeness (QED) is 0.733. The molecule has 1 N–H and O–H groups in total. The van der Waals surface area contributed by atoms with Crippen molar-refractivity contribution in [3.63, 3.8) is 0 Å². The van der Waals surface area contributed by atoms with E-state index in [1.54, 1.807) is 5.57 Å². The van der Waals surface area contributed by atoms with Crippen molar-refractivity contribution in [2.75, 3.05) is 0 Å². The van der Waals surface area contributed by atoms with Gasteiger partial charge in [0.2, 0.25) is 0 Å². The lowest BCUT2D eigenvalue weighted by molar-refractivity contribution is -0.115. The van der Waals surface area contributed by atoms with Crippen molar-refractivity contribution in [3.8, 4) is 0 Å².